The molecule has 1 aromatic heterocycles. The predicted molar refractivity (Wildman–Crippen MR) is 61.8 cm³/mol. The Bertz CT molecular complexity index is 522. The molecule has 5 heteroatoms. The van der Waals surface area contributed by atoms with Crippen LogP contribution >= 0.6 is 23.1 Å². The summed E-state index contributed by atoms with van der Waals surface area (Å²) in [7, 11) is 0. The topological polar surface area (TPSA) is 37.3 Å². The SMILES string of the molecule is O=C(O)c1ccc(Sc2cccc(F)c2)s1. The summed E-state index contributed by atoms with van der Waals surface area (Å²) in [5.74, 6) is -1.23. The second-order valence-electron chi connectivity index (χ2n) is 2.98. The summed E-state index contributed by atoms with van der Waals surface area (Å²) >= 11 is 2.54. The second kappa shape index (κ2) is 4.67. The summed E-state index contributed by atoms with van der Waals surface area (Å²) < 4.78 is 13.7. The number of aromatic carboxylic acids is 1. The number of hydrogen-bond acceptors (Lipinski definition) is 3. The number of halogens is 1. The third kappa shape index (κ3) is 2.62. The molecule has 0 atom stereocenters. The van der Waals surface area contributed by atoms with Crippen molar-refractivity contribution in [2.45, 2.75) is 9.10 Å². The zero-order chi connectivity index (χ0) is 11.5. The van der Waals surface area contributed by atoms with E-state index in [1.54, 1.807) is 24.3 Å². The van der Waals surface area contributed by atoms with Crippen LogP contribution in [0.3, 0.4) is 0 Å². The van der Waals surface area contributed by atoms with Gasteiger partial charge in [0.25, 0.3) is 0 Å². The molecule has 0 bridgehead atoms. The van der Waals surface area contributed by atoms with E-state index in [0.29, 0.717) is 4.88 Å². The summed E-state index contributed by atoms with van der Waals surface area (Å²) in [6.45, 7) is 0. The van der Waals surface area contributed by atoms with E-state index in [1.807, 2.05) is 0 Å². The standard InChI is InChI=1S/C11H7FO2S2/c12-7-2-1-3-8(6-7)15-10-5-4-9(16-10)11(13)14/h1-6H,(H,13,14). The van der Waals surface area contributed by atoms with E-state index in [9.17, 15) is 9.18 Å². The fraction of sp³-hybridized carbons (Fsp3) is 0. The summed E-state index contributed by atoms with van der Waals surface area (Å²) in [5.41, 5.74) is 0. The van der Waals surface area contributed by atoms with Gasteiger partial charge in [-0.2, -0.15) is 0 Å². The average Bonchev–Trinajstić information content (AvgIpc) is 2.66. The average molecular weight is 254 g/mol. The van der Waals surface area contributed by atoms with Crippen molar-refractivity contribution in [3.8, 4) is 0 Å². The van der Waals surface area contributed by atoms with Crippen molar-refractivity contribution < 1.29 is 14.3 Å². The van der Waals surface area contributed by atoms with Crippen molar-refractivity contribution in [2.75, 3.05) is 0 Å². The first-order valence-electron chi connectivity index (χ1n) is 4.42. The molecule has 0 unspecified atom stereocenters. The van der Waals surface area contributed by atoms with E-state index >= 15 is 0 Å². The van der Waals surface area contributed by atoms with Crippen LogP contribution in [0.25, 0.3) is 0 Å². The van der Waals surface area contributed by atoms with Crippen LogP contribution in [0.5, 0.6) is 0 Å². The molecule has 0 aliphatic rings. The van der Waals surface area contributed by atoms with Gasteiger partial charge in [0.15, 0.2) is 0 Å². The van der Waals surface area contributed by atoms with Gasteiger partial charge in [-0.1, -0.05) is 17.8 Å². The van der Waals surface area contributed by atoms with Crippen molar-refractivity contribution in [1.29, 1.82) is 0 Å². The maximum atomic E-state index is 12.9. The Hall–Kier alpha value is -1.33. The number of rotatable bonds is 3. The summed E-state index contributed by atoms with van der Waals surface area (Å²) in [6.07, 6.45) is 0. The predicted octanol–water partition coefficient (Wildman–Crippen LogP) is 3.74. The van der Waals surface area contributed by atoms with Gasteiger partial charge in [0, 0.05) is 4.90 Å². The molecule has 0 spiro atoms. The maximum Gasteiger partial charge on any atom is 0.345 e. The lowest BCUT2D eigenvalue weighted by Gasteiger charge is -1.97. The number of thiophene rings is 1. The molecule has 1 N–H and O–H groups in total. The highest BCUT2D eigenvalue weighted by Crippen LogP contribution is 2.33. The minimum absolute atomic E-state index is 0.291. The quantitative estimate of drug-likeness (QED) is 0.906. The van der Waals surface area contributed by atoms with Crippen molar-refractivity contribution >= 4 is 29.1 Å². The molecule has 16 heavy (non-hydrogen) atoms. The van der Waals surface area contributed by atoms with Crippen LogP contribution in [0.2, 0.25) is 0 Å². The Kier molecular flexibility index (Phi) is 3.26. The Balaban J connectivity index is 2.17. The number of carboxylic acid groups (broad SMARTS) is 1. The van der Waals surface area contributed by atoms with Crippen molar-refractivity contribution in [2.24, 2.45) is 0 Å². The minimum atomic E-state index is -0.934. The lowest BCUT2D eigenvalue weighted by molar-refractivity contribution is 0.0702. The Morgan fingerprint density at radius 2 is 2.12 bits per heavy atom. The molecule has 0 aliphatic carbocycles. The summed E-state index contributed by atoms with van der Waals surface area (Å²) in [6, 6.07) is 9.49. The van der Waals surface area contributed by atoms with E-state index in [0.717, 1.165) is 9.10 Å². The lowest BCUT2D eigenvalue weighted by atomic mass is 10.4. The lowest BCUT2D eigenvalue weighted by Crippen LogP contribution is -1.89. The zero-order valence-corrected chi connectivity index (χ0v) is 9.65. The first-order chi connectivity index (χ1) is 7.65. The highest BCUT2D eigenvalue weighted by Gasteiger charge is 2.07. The van der Waals surface area contributed by atoms with E-state index in [-0.39, 0.29) is 5.82 Å². The third-order valence-corrected chi connectivity index (χ3v) is 4.00. The van der Waals surface area contributed by atoms with Crippen LogP contribution in [0.4, 0.5) is 4.39 Å². The molecule has 0 saturated heterocycles. The van der Waals surface area contributed by atoms with Crippen LogP contribution in [0, 0.1) is 5.82 Å². The van der Waals surface area contributed by atoms with Gasteiger partial charge in [-0.3, -0.25) is 0 Å². The summed E-state index contributed by atoms with van der Waals surface area (Å²) in [5, 5.41) is 8.75. The zero-order valence-electron chi connectivity index (χ0n) is 8.01. The van der Waals surface area contributed by atoms with Gasteiger partial charge in [0.2, 0.25) is 0 Å². The first kappa shape index (κ1) is 11.2. The van der Waals surface area contributed by atoms with Crippen molar-refractivity contribution in [1.82, 2.24) is 0 Å². The van der Waals surface area contributed by atoms with Gasteiger partial charge in [-0.05, 0) is 30.3 Å². The Morgan fingerprint density at radius 1 is 1.31 bits per heavy atom. The number of hydrogen-bond donors (Lipinski definition) is 1. The van der Waals surface area contributed by atoms with Crippen LogP contribution in [-0.4, -0.2) is 11.1 Å². The molecule has 0 amide bonds. The van der Waals surface area contributed by atoms with Crippen LogP contribution in [0.15, 0.2) is 45.5 Å². The van der Waals surface area contributed by atoms with Crippen molar-refractivity contribution in [3.63, 3.8) is 0 Å². The number of carbonyl (C=O) groups is 1. The van der Waals surface area contributed by atoms with Crippen LogP contribution in [0.1, 0.15) is 9.67 Å². The second-order valence-corrected chi connectivity index (χ2v) is 5.44. The highest BCUT2D eigenvalue weighted by molar-refractivity contribution is 8.01. The van der Waals surface area contributed by atoms with Gasteiger partial charge >= 0.3 is 5.97 Å². The molecular formula is C11H7FO2S2. The molecule has 0 aliphatic heterocycles. The molecule has 1 aromatic carbocycles. The van der Waals surface area contributed by atoms with Crippen molar-refractivity contribution in [3.05, 3.63) is 47.1 Å². The molecule has 82 valence electrons. The molecule has 2 rings (SSSR count). The molecule has 2 nitrogen and oxygen atoms in total. The fourth-order valence-electron chi connectivity index (χ4n) is 1.14. The van der Waals surface area contributed by atoms with E-state index in [2.05, 4.69) is 0 Å². The maximum absolute atomic E-state index is 12.9. The summed E-state index contributed by atoms with van der Waals surface area (Å²) in [4.78, 5) is 11.7. The smallest absolute Gasteiger partial charge is 0.345 e. The number of benzene rings is 1. The van der Waals surface area contributed by atoms with Gasteiger partial charge in [0.1, 0.15) is 10.7 Å². The third-order valence-electron chi connectivity index (χ3n) is 1.81. The van der Waals surface area contributed by atoms with E-state index in [1.165, 1.54) is 35.2 Å². The van der Waals surface area contributed by atoms with Gasteiger partial charge in [0.05, 0.1) is 4.21 Å². The van der Waals surface area contributed by atoms with Crippen LogP contribution < -0.4 is 0 Å². The Morgan fingerprint density at radius 3 is 2.75 bits per heavy atom. The minimum Gasteiger partial charge on any atom is -0.477 e. The van der Waals surface area contributed by atoms with Crippen LogP contribution in [-0.2, 0) is 0 Å². The molecule has 1 heterocycles. The monoisotopic (exact) mass is 254 g/mol. The van der Waals surface area contributed by atoms with E-state index < -0.39 is 5.97 Å². The van der Waals surface area contributed by atoms with Gasteiger partial charge < -0.3 is 5.11 Å². The fourth-order valence-corrected chi connectivity index (χ4v) is 3.12. The van der Waals surface area contributed by atoms with E-state index in [4.69, 9.17) is 5.11 Å². The normalized spacial score (nSPS) is 10.3. The molecule has 0 fully saturated rings. The first-order valence-corrected chi connectivity index (χ1v) is 6.05. The van der Waals surface area contributed by atoms with Gasteiger partial charge in [-0.15, -0.1) is 11.3 Å². The molecule has 0 saturated carbocycles. The molecule has 0 radical (unpaired) electrons. The molecular weight excluding hydrogens is 247 g/mol. The highest BCUT2D eigenvalue weighted by atomic mass is 32.2. The molecule has 2 aromatic rings. The largest absolute Gasteiger partial charge is 0.477 e. The number of carboxylic acids is 1. The van der Waals surface area contributed by atoms with Gasteiger partial charge in [-0.25, -0.2) is 9.18 Å². The Labute approximate surface area is 99.7 Å².